The van der Waals surface area contributed by atoms with Crippen molar-refractivity contribution in [2.24, 2.45) is 0 Å². The molecule has 1 aromatic rings. The van der Waals surface area contributed by atoms with E-state index in [4.69, 9.17) is 4.65 Å². The SMILES string of the molecule is CC(C)(O)C(C)(C)O[B]c1cccc(C2=CC=C[N-]N2)c1. The first-order valence-corrected chi connectivity index (χ1v) is 6.96. The Morgan fingerprint density at radius 2 is 2.00 bits per heavy atom. The lowest BCUT2D eigenvalue weighted by Crippen LogP contribution is -2.49. The maximum absolute atomic E-state index is 10.1. The molecule has 0 aromatic heterocycles. The summed E-state index contributed by atoms with van der Waals surface area (Å²) in [6.45, 7) is 7.20. The highest BCUT2D eigenvalue weighted by Gasteiger charge is 2.35. The zero-order chi connectivity index (χ0) is 15.5. The lowest BCUT2D eigenvalue weighted by atomic mass is 9.82. The van der Waals surface area contributed by atoms with Gasteiger partial charge in [0.1, 0.15) is 0 Å². The summed E-state index contributed by atoms with van der Waals surface area (Å²) in [4.78, 5) is 0. The molecule has 0 spiro atoms. The van der Waals surface area contributed by atoms with Crippen molar-refractivity contribution in [1.82, 2.24) is 5.43 Å². The number of allylic oxidation sites excluding steroid dienone is 2. The predicted octanol–water partition coefficient (Wildman–Crippen LogP) is 2.24. The number of benzene rings is 1. The fourth-order valence-corrected chi connectivity index (χ4v) is 1.63. The molecule has 1 aliphatic heterocycles. The summed E-state index contributed by atoms with van der Waals surface area (Å²) < 4.78 is 5.77. The second kappa shape index (κ2) is 5.96. The molecule has 1 radical (unpaired) electrons. The quantitative estimate of drug-likeness (QED) is 0.815. The van der Waals surface area contributed by atoms with E-state index in [-0.39, 0.29) is 0 Å². The second-order valence-corrected chi connectivity index (χ2v) is 6.09. The molecule has 2 rings (SSSR count). The van der Waals surface area contributed by atoms with Crippen LogP contribution in [-0.2, 0) is 4.65 Å². The Hall–Kier alpha value is -1.72. The fraction of sp³-hybridized carbons (Fsp3) is 0.375. The third kappa shape index (κ3) is 3.89. The van der Waals surface area contributed by atoms with E-state index in [1.807, 2.05) is 50.3 Å². The van der Waals surface area contributed by atoms with Crippen molar-refractivity contribution in [2.45, 2.75) is 38.9 Å². The summed E-state index contributed by atoms with van der Waals surface area (Å²) in [6.07, 6.45) is 5.55. The topological polar surface area (TPSA) is 55.6 Å². The van der Waals surface area contributed by atoms with E-state index in [2.05, 4.69) is 10.9 Å². The Bertz CT molecular complexity index is 560. The van der Waals surface area contributed by atoms with Crippen LogP contribution in [0.2, 0.25) is 0 Å². The molecule has 0 amide bonds. The maximum atomic E-state index is 10.1. The van der Waals surface area contributed by atoms with Gasteiger partial charge in [0.2, 0.25) is 0 Å². The van der Waals surface area contributed by atoms with Gasteiger partial charge in [-0.25, -0.2) is 0 Å². The van der Waals surface area contributed by atoms with E-state index in [0.29, 0.717) is 0 Å². The summed E-state index contributed by atoms with van der Waals surface area (Å²) >= 11 is 0. The smallest absolute Gasteiger partial charge is 0.330 e. The van der Waals surface area contributed by atoms with Crippen LogP contribution in [0.25, 0.3) is 11.1 Å². The molecule has 0 saturated heterocycles. The van der Waals surface area contributed by atoms with Crippen molar-refractivity contribution >= 4 is 18.6 Å². The summed E-state index contributed by atoms with van der Waals surface area (Å²) in [6, 6.07) is 7.93. The van der Waals surface area contributed by atoms with Crippen LogP contribution in [0.15, 0.2) is 42.6 Å². The van der Waals surface area contributed by atoms with Crippen LogP contribution < -0.4 is 10.9 Å². The normalized spacial score (nSPS) is 15.0. The Kier molecular flexibility index (Phi) is 4.44. The van der Waals surface area contributed by atoms with E-state index in [1.165, 1.54) is 0 Å². The summed E-state index contributed by atoms with van der Waals surface area (Å²) in [5, 5.41) is 10.1. The van der Waals surface area contributed by atoms with Crippen molar-refractivity contribution in [1.29, 1.82) is 0 Å². The van der Waals surface area contributed by atoms with Gasteiger partial charge >= 0.3 is 7.48 Å². The van der Waals surface area contributed by atoms with Crippen LogP contribution in [0, 0.1) is 0 Å². The molecule has 0 aliphatic carbocycles. The number of nitrogens with one attached hydrogen (secondary N) is 1. The lowest BCUT2D eigenvalue weighted by Gasteiger charge is -2.37. The molecule has 2 N–H and O–H groups in total. The molecule has 0 bridgehead atoms. The first kappa shape index (κ1) is 15.7. The number of rotatable bonds is 5. The molecule has 0 saturated carbocycles. The lowest BCUT2D eigenvalue weighted by molar-refractivity contribution is -0.0893. The molecule has 4 nitrogen and oxygen atoms in total. The van der Waals surface area contributed by atoms with Gasteiger partial charge in [-0.3, -0.25) is 0 Å². The number of hydrogen-bond acceptors (Lipinski definition) is 3. The minimum atomic E-state index is -0.932. The average molecular weight is 284 g/mol. The molecular weight excluding hydrogens is 263 g/mol. The van der Waals surface area contributed by atoms with Crippen molar-refractivity contribution in [3.05, 3.63) is 53.6 Å². The summed E-state index contributed by atoms with van der Waals surface area (Å²) in [5.74, 6) is 0. The first-order chi connectivity index (χ1) is 9.79. The fourth-order valence-electron chi connectivity index (χ4n) is 1.63. The standard InChI is InChI=1S/C16H21BN2O2/c1-15(2,20)16(3,4)21-17-13-8-5-7-12(11-13)14-9-6-10-18-19-14/h5-11,19-20H,1-4H3/q-1. The average Bonchev–Trinajstić information content (AvgIpc) is 2.45. The summed E-state index contributed by atoms with van der Waals surface area (Å²) in [7, 11) is 1.68. The van der Waals surface area contributed by atoms with Crippen molar-refractivity contribution < 1.29 is 9.76 Å². The van der Waals surface area contributed by atoms with E-state index < -0.39 is 11.2 Å². The Balaban J connectivity index is 2.08. The maximum Gasteiger partial charge on any atom is 0.330 e. The predicted molar refractivity (Wildman–Crippen MR) is 86.9 cm³/mol. The highest BCUT2D eigenvalue weighted by atomic mass is 16.5. The zero-order valence-electron chi connectivity index (χ0n) is 12.9. The first-order valence-electron chi connectivity index (χ1n) is 6.96. The number of hydrogen-bond donors (Lipinski definition) is 2. The van der Waals surface area contributed by atoms with Gasteiger partial charge in [0.05, 0.1) is 11.2 Å². The van der Waals surface area contributed by atoms with E-state index >= 15 is 0 Å². The monoisotopic (exact) mass is 284 g/mol. The van der Waals surface area contributed by atoms with Crippen LogP contribution in [-0.4, -0.2) is 23.8 Å². The minimum absolute atomic E-state index is 0.677. The summed E-state index contributed by atoms with van der Waals surface area (Å²) in [5.41, 5.74) is 8.26. The van der Waals surface area contributed by atoms with Gasteiger partial charge in [0.15, 0.2) is 0 Å². The van der Waals surface area contributed by atoms with Gasteiger partial charge in [0, 0.05) is 5.70 Å². The largest absolute Gasteiger partial charge is 0.604 e. The highest BCUT2D eigenvalue weighted by Crippen LogP contribution is 2.24. The van der Waals surface area contributed by atoms with Crippen molar-refractivity contribution in [2.75, 3.05) is 0 Å². The Morgan fingerprint density at radius 1 is 1.24 bits per heavy atom. The van der Waals surface area contributed by atoms with E-state index in [0.717, 1.165) is 16.7 Å². The number of aliphatic hydroxyl groups is 1. The van der Waals surface area contributed by atoms with Gasteiger partial charge in [-0.15, -0.1) is 0 Å². The molecule has 0 atom stereocenters. The van der Waals surface area contributed by atoms with Crippen LogP contribution >= 0.6 is 0 Å². The molecule has 1 aromatic carbocycles. The van der Waals surface area contributed by atoms with Crippen LogP contribution in [0.1, 0.15) is 33.3 Å². The third-order valence-electron chi connectivity index (χ3n) is 3.77. The van der Waals surface area contributed by atoms with Crippen LogP contribution in [0.5, 0.6) is 0 Å². The van der Waals surface area contributed by atoms with Crippen LogP contribution in [0.3, 0.4) is 0 Å². The molecule has 5 heteroatoms. The third-order valence-corrected chi connectivity index (χ3v) is 3.77. The van der Waals surface area contributed by atoms with Gasteiger partial charge in [-0.05, 0) is 39.3 Å². The molecule has 1 aliphatic rings. The van der Waals surface area contributed by atoms with Gasteiger partial charge < -0.3 is 20.6 Å². The van der Waals surface area contributed by atoms with Gasteiger partial charge in [-0.2, -0.15) is 6.20 Å². The van der Waals surface area contributed by atoms with E-state index in [1.54, 1.807) is 27.5 Å². The van der Waals surface area contributed by atoms with E-state index in [9.17, 15) is 5.11 Å². The van der Waals surface area contributed by atoms with Crippen LogP contribution in [0.4, 0.5) is 0 Å². The molecular formula is C16H21BN2O2-. The van der Waals surface area contributed by atoms with Gasteiger partial charge in [0.25, 0.3) is 0 Å². The van der Waals surface area contributed by atoms with Crippen molar-refractivity contribution in [3.63, 3.8) is 0 Å². The molecule has 111 valence electrons. The second-order valence-electron chi connectivity index (χ2n) is 6.09. The molecule has 1 heterocycles. The Labute approximate surface area is 127 Å². The number of nitrogens with zero attached hydrogens (tertiary/aromatic N) is 1. The molecule has 21 heavy (non-hydrogen) atoms. The van der Waals surface area contributed by atoms with Gasteiger partial charge in [-0.1, -0.05) is 35.8 Å². The highest BCUT2D eigenvalue weighted by molar-refractivity contribution is 6.47. The zero-order valence-corrected chi connectivity index (χ0v) is 12.9. The van der Waals surface area contributed by atoms with Crippen molar-refractivity contribution in [3.8, 4) is 0 Å². The molecule has 0 fully saturated rings. The Morgan fingerprint density at radius 3 is 2.62 bits per heavy atom. The molecule has 0 unspecified atom stereocenters. The minimum Gasteiger partial charge on any atom is -0.604 e.